The summed E-state index contributed by atoms with van der Waals surface area (Å²) < 4.78 is 65.6. The number of nitrogens with zero attached hydrogens (tertiary/aromatic N) is 2. The van der Waals surface area contributed by atoms with Gasteiger partial charge in [0.2, 0.25) is 20.9 Å². The van der Waals surface area contributed by atoms with Gasteiger partial charge in [0.15, 0.2) is 0 Å². The van der Waals surface area contributed by atoms with Crippen molar-refractivity contribution in [2.75, 3.05) is 11.1 Å². The molecule has 6 nitrogen and oxygen atoms in total. The average Bonchev–Trinajstić information content (AvgIpc) is 2.97. The minimum Gasteiger partial charge on any atom is -0.325 e. The number of rotatable bonds is 5. The fourth-order valence-corrected chi connectivity index (χ4v) is 5.17. The summed E-state index contributed by atoms with van der Waals surface area (Å²) in [5.41, 5.74) is 0.602. The number of hydrogen-bond acceptors (Lipinski definition) is 4. The van der Waals surface area contributed by atoms with Crippen molar-refractivity contribution in [2.45, 2.75) is 63.3 Å². The molecular weight excluding hydrogens is 419 g/mol. The minimum absolute atomic E-state index is 0.0303. The van der Waals surface area contributed by atoms with Crippen LogP contribution in [0.15, 0.2) is 29.4 Å². The van der Waals surface area contributed by atoms with E-state index in [1.807, 2.05) is 6.92 Å². The molecule has 0 aliphatic heterocycles. The summed E-state index contributed by atoms with van der Waals surface area (Å²) >= 11 is 0. The first-order chi connectivity index (χ1) is 14.0. The fourth-order valence-electron chi connectivity index (χ4n) is 3.76. The number of imidazole rings is 1. The van der Waals surface area contributed by atoms with Gasteiger partial charge >= 0.3 is 6.18 Å². The third kappa shape index (κ3) is 4.85. The van der Waals surface area contributed by atoms with Crippen molar-refractivity contribution >= 4 is 21.4 Å². The quantitative estimate of drug-likeness (QED) is 0.741. The number of hydrogen-bond donors (Lipinski definition) is 1. The summed E-state index contributed by atoms with van der Waals surface area (Å²) in [6.07, 6.45) is 0.358. The Morgan fingerprint density at radius 2 is 1.73 bits per heavy atom. The molecule has 0 unspecified atom stereocenters. The zero-order chi connectivity index (χ0) is 22.1. The monoisotopic (exact) mass is 443 g/mol. The van der Waals surface area contributed by atoms with Gasteiger partial charge in [0, 0.05) is 17.4 Å². The van der Waals surface area contributed by atoms with Crippen molar-refractivity contribution < 1.29 is 26.4 Å². The van der Waals surface area contributed by atoms with E-state index in [1.165, 1.54) is 0 Å². The first kappa shape index (κ1) is 22.3. The van der Waals surface area contributed by atoms with Crippen molar-refractivity contribution in [2.24, 2.45) is 0 Å². The van der Waals surface area contributed by atoms with E-state index in [-0.39, 0.29) is 16.9 Å². The van der Waals surface area contributed by atoms with Crippen molar-refractivity contribution in [3.63, 3.8) is 0 Å². The van der Waals surface area contributed by atoms with Crippen LogP contribution in [-0.4, -0.2) is 29.6 Å². The van der Waals surface area contributed by atoms with E-state index < -0.39 is 33.2 Å². The Morgan fingerprint density at radius 1 is 1.13 bits per heavy atom. The Hall–Kier alpha value is -2.36. The molecule has 0 bridgehead atoms. The van der Waals surface area contributed by atoms with Gasteiger partial charge in [0.05, 0.1) is 11.3 Å². The summed E-state index contributed by atoms with van der Waals surface area (Å²) in [6, 6.07) is 3.86. The van der Waals surface area contributed by atoms with Gasteiger partial charge in [-0.2, -0.15) is 13.2 Å². The molecule has 0 radical (unpaired) electrons. The lowest BCUT2D eigenvalue weighted by Gasteiger charge is -2.26. The van der Waals surface area contributed by atoms with Crippen molar-refractivity contribution in [1.82, 2.24) is 9.55 Å². The number of alkyl halides is 3. The summed E-state index contributed by atoms with van der Waals surface area (Å²) in [4.78, 5) is 16.5. The molecule has 164 valence electrons. The highest BCUT2D eigenvalue weighted by molar-refractivity contribution is 7.92. The van der Waals surface area contributed by atoms with E-state index in [0.29, 0.717) is 5.69 Å². The number of carbonyl (C=O) groups excluding carboxylic acids is 1. The molecule has 3 rings (SSSR count). The second kappa shape index (κ2) is 8.41. The molecule has 1 heterocycles. The van der Waals surface area contributed by atoms with Crippen LogP contribution in [0.25, 0.3) is 0 Å². The van der Waals surface area contributed by atoms with Crippen LogP contribution in [0.3, 0.4) is 0 Å². The normalized spacial score (nSPS) is 15.9. The van der Waals surface area contributed by atoms with Gasteiger partial charge in [-0.25, -0.2) is 13.4 Å². The summed E-state index contributed by atoms with van der Waals surface area (Å²) in [5, 5.41) is 2.23. The number of sulfone groups is 1. The summed E-state index contributed by atoms with van der Waals surface area (Å²) in [6.45, 7) is 3.55. The van der Waals surface area contributed by atoms with Crippen molar-refractivity contribution in [1.29, 1.82) is 0 Å². The highest BCUT2D eigenvalue weighted by Crippen LogP contribution is 2.33. The van der Waals surface area contributed by atoms with Crippen LogP contribution in [-0.2, 0) is 20.8 Å². The maximum absolute atomic E-state index is 13.0. The SMILES string of the molecule is Cc1nc(S(=O)(=O)CC(=O)Nc2ccc(C(F)(F)F)cc2)n(C2CCCCC2)c1C. The van der Waals surface area contributed by atoms with Crippen molar-refractivity contribution in [3.05, 3.63) is 41.2 Å². The lowest BCUT2D eigenvalue weighted by Crippen LogP contribution is -2.27. The van der Waals surface area contributed by atoms with Gasteiger partial charge in [-0.1, -0.05) is 19.3 Å². The minimum atomic E-state index is -4.49. The van der Waals surface area contributed by atoms with E-state index >= 15 is 0 Å². The number of halogens is 3. The average molecular weight is 443 g/mol. The van der Waals surface area contributed by atoms with Crippen LogP contribution in [0.5, 0.6) is 0 Å². The van der Waals surface area contributed by atoms with Crippen LogP contribution >= 0.6 is 0 Å². The molecular formula is C20H24F3N3O3S. The van der Waals surface area contributed by atoms with Gasteiger partial charge in [-0.05, 0) is 51.0 Å². The highest BCUT2D eigenvalue weighted by atomic mass is 32.2. The van der Waals surface area contributed by atoms with Gasteiger partial charge in [-0.3, -0.25) is 4.79 Å². The van der Waals surface area contributed by atoms with Crippen molar-refractivity contribution in [3.8, 4) is 0 Å². The van der Waals surface area contributed by atoms with Crippen LogP contribution in [0.1, 0.15) is 55.1 Å². The topological polar surface area (TPSA) is 81.1 Å². The maximum atomic E-state index is 13.0. The van der Waals surface area contributed by atoms with E-state index in [2.05, 4.69) is 10.3 Å². The number of aromatic nitrogens is 2. The standard InChI is InChI=1S/C20H24F3N3O3S/c1-13-14(2)26(17-6-4-3-5-7-17)19(24-13)30(28,29)12-18(27)25-16-10-8-15(9-11-16)20(21,22)23/h8-11,17H,3-7,12H2,1-2H3,(H,25,27). The molecule has 1 aromatic heterocycles. The number of benzene rings is 1. The van der Waals surface area contributed by atoms with Crippen LogP contribution in [0, 0.1) is 13.8 Å². The van der Waals surface area contributed by atoms with Gasteiger partial charge < -0.3 is 9.88 Å². The highest BCUT2D eigenvalue weighted by Gasteiger charge is 2.32. The number of nitrogens with one attached hydrogen (secondary N) is 1. The number of anilines is 1. The Morgan fingerprint density at radius 3 is 2.30 bits per heavy atom. The number of amides is 1. The molecule has 2 aromatic rings. The van der Waals surface area contributed by atoms with Gasteiger partial charge in [0.1, 0.15) is 5.75 Å². The van der Waals surface area contributed by atoms with E-state index in [4.69, 9.17) is 0 Å². The predicted molar refractivity (Wildman–Crippen MR) is 106 cm³/mol. The van der Waals surface area contributed by atoms with Gasteiger partial charge in [0.25, 0.3) is 0 Å². The van der Waals surface area contributed by atoms with Gasteiger partial charge in [-0.15, -0.1) is 0 Å². The molecule has 1 fully saturated rings. The summed E-state index contributed by atoms with van der Waals surface area (Å²) in [7, 11) is -4.03. The Balaban J connectivity index is 1.78. The number of carbonyl (C=O) groups is 1. The molecule has 0 spiro atoms. The van der Waals surface area contributed by atoms with E-state index in [1.54, 1.807) is 11.5 Å². The molecule has 1 aliphatic carbocycles. The first-order valence-corrected chi connectivity index (χ1v) is 11.4. The van der Waals surface area contributed by atoms with Crippen LogP contribution in [0.4, 0.5) is 18.9 Å². The Labute approximate surface area is 173 Å². The molecule has 1 aromatic carbocycles. The number of aryl methyl sites for hydroxylation is 1. The first-order valence-electron chi connectivity index (χ1n) is 9.74. The predicted octanol–water partition coefficient (Wildman–Crippen LogP) is 4.44. The summed E-state index contributed by atoms with van der Waals surface area (Å²) in [5.74, 6) is -1.67. The van der Waals surface area contributed by atoms with E-state index in [9.17, 15) is 26.4 Å². The molecule has 30 heavy (non-hydrogen) atoms. The molecule has 1 saturated carbocycles. The third-order valence-corrected chi connectivity index (χ3v) is 6.88. The second-order valence-corrected chi connectivity index (χ2v) is 9.49. The lowest BCUT2D eigenvalue weighted by molar-refractivity contribution is -0.137. The second-order valence-electron chi connectivity index (χ2n) is 7.61. The van der Waals surface area contributed by atoms with Crippen LogP contribution in [0.2, 0.25) is 0 Å². The molecule has 1 N–H and O–H groups in total. The largest absolute Gasteiger partial charge is 0.416 e. The molecule has 0 saturated heterocycles. The lowest BCUT2D eigenvalue weighted by atomic mass is 9.95. The third-order valence-electron chi connectivity index (χ3n) is 5.39. The zero-order valence-corrected chi connectivity index (χ0v) is 17.6. The smallest absolute Gasteiger partial charge is 0.325 e. The maximum Gasteiger partial charge on any atom is 0.416 e. The van der Waals surface area contributed by atoms with E-state index in [0.717, 1.165) is 62.1 Å². The van der Waals surface area contributed by atoms with Crippen LogP contribution < -0.4 is 5.32 Å². The Kier molecular flexibility index (Phi) is 6.26. The zero-order valence-electron chi connectivity index (χ0n) is 16.8. The molecule has 0 atom stereocenters. The Bertz CT molecular complexity index is 1020. The molecule has 1 aliphatic rings. The molecule has 10 heteroatoms. The fraction of sp³-hybridized carbons (Fsp3) is 0.500. The molecule has 1 amide bonds.